The van der Waals surface area contributed by atoms with E-state index in [1.165, 1.54) is 15.8 Å². The van der Waals surface area contributed by atoms with Gasteiger partial charge in [0.1, 0.15) is 6.54 Å². The van der Waals surface area contributed by atoms with Crippen LogP contribution in [0.1, 0.15) is 24.7 Å². The van der Waals surface area contributed by atoms with Crippen LogP contribution in [0.5, 0.6) is 0 Å². The Kier molecular flexibility index (Phi) is 5.15. The molecule has 2 aromatic heterocycles. The van der Waals surface area contributed by atoms with Crippen molar-refractivity contribution in [2.24, 2.45) is 7.05 Å². The third kappa shape index (κ3) is 3.84. The molecule has 0 saturated carbocycles. The van der Waals surface area contributed by atoms with Gasteiger partial charge in [0.25, 0.3) is 5.56 Å². The fraction of sp³-hybridized carbons (Fsp3) is 0.421. The van der Waals surface area contributed by atoms with Gasteiger partial charge in [-0.1, -0.05) is 12.1 Å². The minimum absolute atomic E-state index is 0.191. The van der Waals surface area contributed by atoms with Crippen LogP contribution in [0.2, 0.25) is 0 Å². The van der Waals surface area contributed by atoms with Crippen molar-refractivity contribution < 1.29 is 18.0 Å². The molecule has 1 fully saturated rings. The van der Waals surface area contributed by atoms with Crippen molar-refractivity contribution in [3.8, 4) is 0 Å². The lowest BCUT2D eigenvalue weighted by molar-refractivity contribution is -0.147. The number of fused-ring (bicyclic) bond motifs is 1. The average molecular weight is 436 g/mol. The molecule has 1 aliphatic rings. The van der Waals surface area contributed by atoms with Crippen molar-refractivity contribution in [2.45, 2.75) is 31.6 Å². The molecule has 31 heavy (non-hydrogen) atoms. The van der Waals surface area contributed by atoms with Gasteiger partial charge in [0.05, 0.1) is 23.3 Å². The Morgan fingerprint density at radius 2 is 1.84 bits per heavy atom. The first-order valence-electron chi connectivity index (χ1n) is 9.61. The van der Waals surface area contributed by atoms with E-state index in [4.69, 9.17) is 0 Å². The maximum absolute atomic E-state index is 13.0. The van der Waals surface area contributed by atoms with Crippen molar-refractivity contribution in [3.63, 3.8) is 0 Å². The highest BCUT2D eigenvalue weighted by molar-refractivity contribution is 5.79. The van der Waals surface area contributed by atoms with Gasteiger partial charge >= 0.3 is 11.9 Å². The molecule has 164 valence electrons. The number of alkyl halides is 3. The summed E-state index contributed by atoms with van der Waals surface area (Å²) in [6.07, 6.45) is -2.84. The largest absolute Gasteiger partial charge is 0.451 e. The van der Waals surface area contributed by atoms with E-state index < -0.39 is 23.7 Å². The molecule has 0 unspecified atom stereocenters. The second-order valence-corrected chi connectivity index (χ2v) is 7.41. The van der Waals surface area contributed by atoms with Crippen molar-refractivity contribution in [1.82, 2.24) is 28.8 Å². The summed E-state index contributed by atoms with van der Waals surface area (Å²) in [4.78, 5) is 43.1. The number of halogens is 3. The Morgan fingerprint density at radius 3 is 2.48 bits per heavy atom. The maximum Gasteiger partial charge on any atom is 0.451 e. The van der Waals surface area contributed by atoms with Crippen molar-refractivity contribution in [1.29, 1.82) is 0 Å². The van der Waals surface area contributed by atoms with E-state index in [1.807, 2.05) is 0 Å². The summed E-state index contributed by atoms with van der Waals surface area (Å²) in [5, 5.41) is 3.88. The summed E-state index contributed by atoms with van der Waals surface area (Å²) < 4.78 is 41.5. The zero-order chi connectivity index (χ0) is 22.3. The van der Waals surface area contributed by atoms with Gasteiger partial charge in [0, 0.05) is 20.1 Å². The van der Waals surface area contributed by atoms with E-state index in [9.17, 15) is 27.6 Å². The molecule has 1 amide bonds. The van der Waals surface area contributed by atoms with Gasteiger partial charge in [-0.25, -0.2) is 14.5 Å². The first-order chi connectivity index (χ1) is 14.7. The fourth-order valence-electron chi connectivity index (χ4n) is 3.77. The number of nitrogens with zero attached hydrogens (tertiary/aromatic N) is 6. The molecular weight excluding hydrogens is 417 g/mol. The zero-order valence-corrected chi connectivity index (χ0v) is 16.5. The smallest absolute Gasteiger partial charge is 0.341 e. The highest BCUT2D eigenvalue weighted by Gasteiger charge is 2.39. The van der Waals surface area contributed by atoms with Crippen LogP contribution in [0, 0.1) is 0 Å². The van der Waals surface area contributed by atoms with Crippen LogP contribution in [0.4, 0.5) is 13.2 Å². The lowest BCUT2D eigenvalue weighted by Crippen LogP contribution is -2.43. The van der Waals surface area contributed by atoms with E-state index in [1.54, 1.807) is 24.3 Å². The third-order valence-corrected chi connectivity index (χ3v) is 5.46. The lowest BCUT2D eigenvalue weighted by Gasteiger charge is -2.31. The number of carbonyl (C=O) groups excluding carboxylic acids is 1. The zero-order valence-electron chi connectivity index (χ0n) is 16.5. The van der Waals surface area contributed by atoms with E-state index in [2.05, 4.69) is 10.1 Å². The predicted octanol–water partition coefficient (Wildman–Crippen LogP) is 1.17. The monoisotopic (exact) mass is 436 g/mol. The number of aromatic nitrogens is 5. The molecule has 0 radical (unpaired) electrons. The number of piperidine rings is 1. The molecule has 1 aromatic carbocycles. The van der Waals surface area contributed by atoms with Crippen LogP contribution in [0.25, 0.3) is 10.9 Å². The number of benzene rings is 1. The normalized spacial score (nSPS) is 15.5. The molecular formula is C19H19F3N6O3. The molecule has 9 nitrogen and oxygen atoms in total. The molecule has 12 heteroatoms. The molecule has 3 heterocycles. The van der Waals surface area contributed by atoms with Gasteiger partial charge < -0.3 is 4.90 Å². The summed E-state index contributed by atoms with van der Waals surface area (Å²) >= 11 is 0. The number of rotatable bonds is 3. The molecule has 1 aliphatic heterocycles. The van der Waals surface area contributed by atoms with Crippen molar-refractivity contribution in [3.05, 3.63) is 57.3 Å². The molecule has 0 atom stereocenters. The first-order valence-corrected chi connectivity index (χ1v) is 9.61. The summed E-state index contributed by atoms with van der Waals surface area (Å²) in [5.74, 6) is -1.55. The quantitative estimate of drug-likeness (QED) is 0.615. The number of hydrogen-bond donors (Lipinski definition) is 0. The number of amides is 1. The average Bonchev–Trinajstić information content (AvgIpc) is 3.05. The van der Waals surface area contributed by atoms with Crippen LogP contribution >= 0.6 is 0 Å². The van der Waals surface area contributed by atoms with E-state index in [-0.39, 0.29) is 43.9 Å². The minimum atomic E-state index is -4.73. The Balaban J connectivity index is 1.45. The van der Waals surface area contributed by atoms with Gasteiger partial charge in [0.2, 0.25) is 11.7 Å². The summed E-state index contributed by atoms with van der Waals surface area (Å²) in [6.45, 7) is 0.288. The molecule has 1 saturated heterocycles. The SMILES string of the molecule is Cn1c(C(F)(F)F)nn(C2CCN(C(=O)Cn3cnc4ccccc4c3=O)CC2)c1=O. The second kappa shape index (κ2) is 7.67. The number of carbonyl (C=O) groups is 1. The van der Waals surface area contributed by atoms with Crippen molar-refractivity contribution >= 4 is 16.8 Å². The van der Waals surface area contributed by atoms with Gasteiger partial charge in [-0.15, -0.1) is 5.10 Å². The van der Waals surface area contributed by atoms with E-state index in [0.717, 1.165) is 11.7 Å². The van der Waals surface area contributed by atoms with Crippen LogP contribution in [0.3, 0.4) is 0 Å². The molecule has 3 aromatic rings. The van der Waals surface area contributed by atoms with Crippen LogP contribution in [-0.4, -0.2) is 47.8 Å². The van der Waals surface area contributed by atoms with Gasteiger partial charge in [-0.05, 0) is 25.0 Å². The van der Waals surface area contributed by atoms with Gasteiger partial charge in [-0.2, -0.15) is 13.2 Å². The lowest BCUT2D eigenvalue weighted by atomic mass is 10.1. The predicted molar refractivity (Wildman–Crippen MR) is 103 cm³/mol. The van der Waals surface area contributed by atoms with Crippen LogP contribution in [0.15, 0.2) is 40.2 Å². The second-order valence-electron chi connectivity index (χ2n) is 7.41. The van der Waals surface area contributed by atoms with Crippen LogP contribution < -0.4 is 11.2 Å². The number of hydrogen-bond acceptors (Lipinski definition) is 5. The number of likely N-dealkylation sites (tertiary alicyclic amines) is 1. The fourth-order valence-corrected chi connectivity index (χ4v) is 3.77. The molecule has 0 spiro atoms. The summed E-state index contributed by atoms with van der Waals surface area (Å²) in [6, 6.07) is 6.28. The summed E-state index contributed by atoms with van der Waals surface area (Å²) in [5.41, 5.74) is -0.629. The highest BCUT2D eigenvalue weighted by Crippen LogP contribution is 2.28. The van der Waals surface area contributed by atoms with Crippen molar-refractivity contribution in [2.75, 3.05) is 13.1 Å². The Labute approximate surface area is 173 Å². The molecule has 0 bridgehead atoms. The Hall–Kier alpha value is -3.44. The van der Waals surface area contributed by atoms with Crippen LogP contribution in [-0.2, 0) is 24.6 Å². The minimum Gasteiger partial charge on any atom is -0.341 e. The molecule has 4 rings (SSSR count). The van der Waals surface area contributed by atoms with Gasteiger partial charge in [-0.3, -0.25) is 18.7 Å². The van der Waals surface area contributed by atoms with Gasteiger partial charge in [0.15, 0.2) is 0 Å². The third-order valence-electron chi connectivity index (χ3n) is 5.46. The molecule has 0 aliphatic carbocycles. The highest BCUT2D eigenvalue weighted by atomic mass is 19.4. The Bertz CT molecular complexity index is 1250. The number of para-hydroxylation sites is 1. The standard InChI is InChI=1S/C19H19F3N6O3/c1-25-17(19(20,21)22)24-28(18(25)31)12-6-8-26(9-7-12)15(29)10-27-11-23-14-5-3-2-4-13(14)16(27)30/h2-5,11-12H,6-10H2,1H3. The maximum atomic E-state index is 13.0. The molecule has 0 N–H and O–H groups in total. The topological polar surface area (TPSA) is 95.0 Å². The Morgan fingerprint density at radius 1 is 1.16 bits per heavy atom. The van der Waals surface area contributed by atoms with E-state index in [0.29, 0.717) is 15.5 Å². The van der Waals surface area contributed by atoms with E-state index >= 15 is 0 Å². The summed E-state index contributed by atoms with van der Waals surface area (Å²) in [7, 11) is 1.03. The first kappa shape index (κ1) is 20.8.